The number of fused-ring (bicyclic) bond motifs is 1. The highest BCUT2D eigenvalue weighted by atomic mass is 32.1. The summed E-state index contributed by atoms with van der Waals surface area (Å²) in [5.41, 5.74) is 2.90. The number of ether oxygens (including phenoxy) is 1. The molecule has 1 aromatic carbocycles. The van der Waals surface area contributed by atoms with E-state index in [0.717, 1.165) is 29.5 Å². The molecule has 5 rings (SSSR count). The molecule has 8 nitrogen and oxygen atoms in total. The summed E-state index contributed by atoms with van der Waals surface area (Å²) in [5.74, 6) is 0.0240. The number of rotatable bonds is 5. The smallest absolute Gasteiger partial charge is 0.262 e. The fraction of sp³-hybridized carbons (Fsp3) is 0.440. The van der Waals surface area contributed by atoms with Crippen LogP contribution in [0.4, 0.5) is 0 Å². The maximum absolute atomic E-state index is 13.2. The summed E-state index contributed by atoms with van der Waals surface area (Å²) in [4.78, 5) is 47.3. The zero-order valence-corrected chi connectivity index (χ0v) is 20.1. The van der Waals surface area contributed by atoms with E-state index in [1.807, 2.05) is 36.6 Å². The zero-order chi connectivity index (χ0) is 23.7. The van der Waals surface area contributed by atoms with Gasteiger partial charge in [-0.3, -0.25) is 19.0 Å². The minimum atomic E-state index is -0.321. The third-order valence-corrected chi connectivity index (χ3v) is 7.53. The van der Waals surface area contributed by atoms with Gasteiger partial charge in [-0.1, -0.05) is 29.8 Å². The first kappa shape index (κ1) is 22.7. The molecule has 9 heteroatoms. The van der Waals surface area contributed by atoms with E-state index in [1.165, 1.54) is 22.2 Å². The van der Waals surface area contributed by atoms with Crippen LogP contribution in [0, 0.1) is 6.92 Å². The molecule has 2 aromatic heterocycles. The van der Waals surface area contributed by atoms with Crippen LogP contribution in [0.5, 0.6) is 0 Å². The molecular weight excluding hydrogens is 452 g/mol. The normalized spacial score (nSPS) is 18.6. The van der Waals surface area contributed by atoms with Gasteiger partial charge in [0.2, 0.25) is 5.91 Å². The average molecular weight is 481 g/mol. The van der Waals surface area contributed by atoms with Crippen molar-refractivity contribution in [2.24, 2.45) is 0 Å². The molecule has 0 bridgehead atoms. The van der Waals surface area contributed by atoms with Gasteiger partial charge in [0.25, 0.3) is 11.5 Å². The summed E-state index contributed by atoms with van der Waals surface area (Å²) < 4.78 is 7.03. The second-order valence-corrected chi connectivity index (χ2v) is 9.75. The summed E-state index contributed by atoms with van der Waals surface area (Å²) in [7, 11) is 0. The lowest BCUT2D eigenvalue weighted by molar-refractivity contribution is -0.146. The predicted molar refractivity (Wildman–Crippen MR) is 131 cm³/mol. The van der Waals surface area contributed by atoms with Crippen molar-refractivity contribution < 1.29 is 14.3 Å². The first-order chi connectivity index (χ1) is 16.5. The first-order valence-electron chi connectivity index (χ1n) is 11.7. The van der Waals surface area contributed by atoms with Crippen LogP contribution in [0.15, 0.2) is 40.8 Å². The first-order valence-corrected chi connectivity index (χ1v) is 12.6. The molecule has 0 spiro atoms. The maximum atomic E-state index is 13.2. The number of thiophene rings is 1. The highest BCUT2D eigenvalue weighted by molar-refractivity contribution is 7.17. The van der Waals surface area contributed by atoms with Crippen molar-refractivity contribution in [3.05, 3.63) is 51.9 Å². The Bertz CT molecular complexity index is 1250. The Morgan fingerprint density at radius 3 is 2.56 bits per heavy atom. The highest BCUT2D eigenvalue weighted by Crippen LogP contribution is 2.30. The lowest BCUT2D eigenvalue weighted by Gasteiger charge is -2.35. The Kier molecular flexibility index (Phi) is 6.47. The lowest BCUT2D eigenvalue weighted by atomic mass is 10.1. The van der Waals surface area contributed by atoms with Crippen molar-refractivity contribution in [2.75, 3.05) is 32.8 Å². The monoisotopic (exact) mass is 480 g/mol. The SMILES string of the molecule is Cc1ccc(-c2csc3ncn(CCC(=O)N4CCN(C(=O)C5CCCO5)CC4)c(=O)c23)cc1. The van der Waals surface area contributed by atoms with Crippen molar-refractivity contribution >= 4 is 33.4 Å². The Labute approximate surface area is 201 Å². The summed E-state index contributed by atoms with van der Waals surface area (Å²) in [6.45, 7) is 5.00. The number of hydrogen-bond donors (Lipinski definition) is 0. The van der Waals surface area contributed by atoms with Crippen LogP contribution in [0.2, 0.25) is 0 Å². The van der Waals surface area contributed by atoms with E-state index in [2.05, 4.69) is 4.98 Å². The van der Waals surface area contributed by atoms with Crippen molar-refractivity contribution in [2.45, 2.75) is 38.8 Å². The molecule has 178 valence electrons. The summed E-state index contributed by atoms with van der Waals surface area (Å²) in [5, 5.41) is 2.57. The molecule has 0 radical (unpaired) electrons. The third kappa shape index (κ3) is 4.50. The van der Waals surface area contributed by atoms with E-state index in [4.69, 9.17) is 4.74 Å². The zero-order valence-electron chi connectivity index (χ0n) is 19.2. The van der Waals surface area contributed by atoms with E-state index in [0.29, 0.717) is 43.0 Å². The number of carbonyl (C=O) groups excluding carboxylic acids is 2. The molecule has 4 heterocycles. The molecule has 2 aliphatic heterocycles. The second kappa shape index (κ2) is 9.68. The Morgan fingerprint density at radius 2 is 1.85 bits per heavy atom. The number of aryl methyl sites for hydroxylation is 2. The van der Waals surface area contributed by atoms with E-state index in [9.17, 15) is 14.4 Å². The van der Waals surface area contributed by atoms with Gasteiger partial charge in [-0.25, -0.2) is 4.98 Å². The number of piperazine rings is 1. The largest absolute Gasteiger partial charge is 0.368 e. The summed E-state index contributed by atoms with van der Waals surface area (Å²) >= 11 is 1.45. The molecule has 2 aliphatic rings. The van der Waals surface area contributed by atoms with Crippen LogP contribution in [-0.2, 0) is 20.9 Å². The molecule has 0 N–H and O–H groups in total. The van der Waals surface area contributed by atoms with Gasteiger partial charge in [-0.2, -0.15) is 0 Å². The number of carbonyl (C=O) groups is 2. The molecule has 3 aromatic rings. The van der Waals surface area contributed by atoms with Crippen LogP contribution in [0.25, 0.3) is 21.3 Å². The fourth-order valence-electron chi connectivity index (χ4n) is 4.60. The van der Waals surface area contributed by atoms with Gasteiger partial charge in [0.05, 0.1) is 11.7 Å². The summed E-state index contributed by atoms with van der Waals surface area (Å²) in [6, 6.07) is 8.09. The quantitative estimate of drug-likeness (QED) is 0.561. The topological polar surface area (TPSA) is 84.7 Å². The van der Waals surface area contributed by atoms with E-state index in [1.54, 1.807) is 9.80 Å². The highest BCUT2D eigenvalue weighted by Gasteiger charge is 2.31. The Hall–Kier alpha value is -3.04. The van der Waals surface area contributed by atoms with Gasteiger partial charge in [-0.15, -0.1) is 11.3 Å². The number of nitrogens with zero attached hydrogens (tertiary/aromatic N) is 4. The van der Waals surface area contributed by atoms with Gasteiger partial charge in [0.15, 0.2) is 0 Å². The number of aromatic nitrogens is 2. The van der Waals surface area contributed by atoms with Crippen LogP contribution < -0.4 is 5.56 Å². The maximum Gasteiger partial charge on any atom is 0.262 e. The molecule has 34 heavy (non-hydrogen) atoms. The molecule has 0 saturated carbocycles. The van der Waals surface area contributed by atoms with Crippen molar-refractivity contribution in [3.63, 3.8) is 0 Å². The van der Waals surface area contributed by atoms with Crippen molar-refractivity contribution in [3.8, 4) is 11.1 Å². The van der Waals surface area contributed by atoms with Crippen LogP contribution in [-0.4, -0.2) is 70.1 Å². The predicted octanol–water partition coefficient (Wildman–Crippen LogP) is 2.67. The van der Waals surface area contributed by atoms with Crippen LogP contribution in [0.1, 0.15) is 24.8 Å². The number of hydrogen-bond acceptors (Lipinski definition) is 6. The number of amides is 2. The van der Waals surface area contributed by atoms with Crippen molar-refractivity contribution in [1.29, 1.82) is 0 Å². The van der Waals surface area contributed by atoms with Gasteiger partial charge < -0.3 is 14.5 Å². The Morgan fingerprint density at radius 1 is 1.12 bits per heavy atom. The second-order valence-electron chi connectivity index (χ2n) is 8.90. The van der Waals surface area contributed by atoms with Crippen LogP contribution in [0.3, 0.4) is 0 Å². The van der Waals surface area contributed by atoms with Gasteiger partial charge in [0, 0.05) is 56.7 Å². The van der Waals surface area contributed by atoms with E-state index >= 15 is 0 Å². The fourth-order valence-corrected chi connectivity index (χ4v) is 5.51. The number of benzene rings is 1. The minimum absolute atomic E-state index is 0.0136. The van der Waals surface area contributed by atoms with Crippen molar-refractivity contribution in [1.82, 2.24) is 19.4 Å². The molecule has 1 unspecified atom stereocenters. The van der Waals surface area contributed by atoms with Gasteiger partial charge in [-0.05, 0) is 25.3 Å². The van der Waals surface area contributed by atoms with E-state index < -0.39 is 0 Å². The molecular formula is C25H28N4O4S. The molecule has 2 fully saturated rings. The Balaban J connectivity index is 1.23. The lowest BCUT2D eigenvalue weighted by Crippen LogP contribution is -2.53. The molecule has 2 saturated heterocycles. The van der Waals surface area contributed by atoms with Gasteiger partial charge in [0.1, 0.15) is 10.9 Å². The molecule has 1 atom stereocenters. The van der Waals surface area contributed by atoms with Gasteiger partial charge >= 0.3 is 0 Å². The molecule has 2 amide bonds. The van der Waals surface area contributed by atoms with E-state index in [-0.39, 0.29) is 36.4 Å². The minimum Gasteiger partial charge on any atom is -0.368 e. The van der Waals surface area contributed by atoms with Crippen LogP contribution >= 0.6 is 11.3 Å². The third-order valence-electron chi connectivity index (χ3n) is 6.64. The molecule has 0 aliphatic carbocycles. The summed E-state index contributed by atoms with van der Waals surface area (Å²) in [6.07, 6.45) is 3.13. The average Bonchev–Trinajstić information content (AvgIpc) is 3.54. The standard InChI is InChI=1S/C25H28N4O4S/c1-17-4-6-18(7-5-17)19-15-34-23-22(19)25(32)29(16-26-23)9-8-21(30)27-10-12-28(13-11-27)24(31)20-3-2-14-33-20/h4-7,15-16,20H,2-3,8-14H2,1H3.